The highest BCUT2D eigenvalue weighted by Gasteiger charge is 2.60. The van der Waals surface area contributed by atoms with Gasteiger partial charge in [0.25, 0.3) is 0 Å². The fraction of sp³-hybridized carbons (Fsp3) is 0.868. The van der Waals surface area contributed by atoms with Gasteiger partial charge < -0.3 is 159 Å². The molecule has 0 bridgehead atoms. The molecule has 7 aliphatic rings. The van der Waals surface area contributed by atoms with Gasteiger partial charge in [-0.25, -0.2) is 4.79 Å². The van der Waals surface area contributed by atoms with E-state index in [1.54, 1.807) is 39.0 Å². The summed E-state index contributed by atoms with van der Waals surface area (Å²) in [5.41, 5.74) is 13.1. The summed E-state index contributed by atoms with van der Waals surface area (Å²) in [6.07, 6.45) is -57.7. The molecule has 0 aliphatic carbocycles. The first-order valence-electron chi connectivity index (χ1n) is 28.4. The van der Waals surface area contributed by atoms with E-state index in [4.69, 9.17) is 77.8 Å². The lowest BCUT2D eigenvalue weighted by Crippen LogP contribution is -2.71. The van der Waals surface area contributed by atoms with Crippen molar-refractivity contribution in [1.29, 1.82) is 0 Å². The number of aliphatic hydroxyl groups is 16. The molecule has 33 nitrogen and oxygen atoms in total. The smallest absolute Gasteiger partial charge is 0.338 e. The highest BCUT2D eigenvalue weighted by atomic mass is 16.8. The monoisotopic (exact) mass is 1250 g/mol. The van der Waals surface area contributed by atoms with E-state index in [1.807, 2.05) is 0 Å². The molecular formula is C53H86N2O31. The summed E-state index contributed by atoms with van der Waals surface area (Å²) < 4.78 is 84.6. The second-order valence-corrected chi connectivity index (χ2v) is 23.8. The van der Waals surface area contributed by atoms with Crippen LogP contribution in [0.25, 0.3) is 0 Å². The highest BCUT2D eigenvalue weighted by molar-refractivity contribution is 5.89. The van der Waals surface area contributed by atoms with Crippen LogP contribution in [0.1, 0.15) is 51.9 Å². The zero-order valence-electron chi connectivity index (χ0n) is 47.9. The van der Waals surface area contributed by atoms with Crippen LogP contribution >= 0.6 is 0 Å². The van der Waals surface area contributed by atoms with Crippen LogP contribution in [0.3, 0.4) is 0 Å². The van der Waals surface area contributed by atoms with Gasteiger partial charge in [0.1, 0.15) is 134 Å². The van der Waals surface area contributed by atoms with Crippen molar-refractivity contribution in [3.05, 3.63) is 35.9 Å². The summed E-state index contributed by atoms with van der Waals surface area (Å²) in [5.74, 6) is -0.892. The molecular weight excluding hydrogens is 1160 g/mol. The normalized spacial score (nSPS) is 49.7. The van der Waals surface area contributed by atoms with Gasteiger partial charge in [0.05, 0.1) is 68.5 Å². The van der Waals surface area contributed by atoms with Crippen LogP contribution in [0.4, 0.5) is 0 Å². The number of ether oxygens (including phenoxy) is 14. The Bertz CT molecular complexity index is 2290. The Morgan fingerprint density at radius 2 is 0.791 bits per heavy atom. The largest absolute Gasteiger partial charge is 0.453 e. The van der Waals surface area contributed by atoms with Crippen molar-refractivity contribution in [1.82, 2.24) is 0 Å². The summed E-state index contributed by atoms with van der Waals surface area (Å²) in [5, 5.41) is 177. The summed E-state index contributed by atoms with van der Waals surface area (Å²) >= 11 is 0. The average molecular weight is 1250 g/mol. The molecule has 1 aromatic carbocycles. The molecule has 86 heavy (non-hydrogen) atoms. The molecule has 7 saturated heterocycles. The van der Waals surface area contributed by atoms with Gasteiger partial charge in [-0.3, -0.25) is 0 Å². The van der Waals surface area contributed by atoms with Crippen molar-refractivity contribution >= 4 is 5.97 Å². The second kappa shape index (κ2) is 29.0. The van der Waals surface area contributed by atoms with Crippen LogP contribution in [-0.4, -0.2) is 329 Å². The zero-order chi connectivity index (χ0) is 63.1. The lowest BCUT2D eigenvalue weighted by molar-refractivity contribution is -0.400. The Morgan fingerprint density at radius 1 is 0.395 bits per heavy atom. The number of nitrogens with two attached hydrogens (primary N) is 2. The third-order valence-corrected chi connectivity index (χ3v) is 16.7. The average Bonchev–Trinajstić information content (AvgIpc) is 1.02. The van der Waals surface area contributed by atoms with Gasteiger partial charge in [-0.2, -0.15) is 0 Å². The third kappa shape index (κ3) is 14.4. The van der Waals surface area contributed by atoms with Gasteiger partial charge in [-0.1, -0.05) is 39.0 Å². The topological polar surface area (TPSA) is 522 Å². The van der Waals surface area contributed by atoms with E-state index in [9.17, 15) is 86.5 Å². The number of hydrogen-bond donors (Lipinski definition) is 18. The number of hydrogen-bond acceptors (Lipinski definition) is 33. The molecule has 494 valence electrons. The Morgan fingerprint density at radius 3 is 1.31 bits per heavy atom. The molecule has 0 spiro atoms. The molecule has 7 fully saturated rings. The number of benzene rings is 1. The first-order valence-corrected chi connectivity index (χ1v) is 28.4. The van der Waals surface area contributed by atoms with Gasteiger partial charge in [-0.05, 0) is 38.3 Å². The lowest BCUT2D eigenvalue weighted by atomic mass is 9.79. The SMILES string of the molecule is CC1O[C@@H](OC2C(O)[C@@H](O)C(CO)O[C@H]2O[C@@H]2C(CO)O[C@@H](OC3C(O)[C@H](O[C@@H]4C(CO)O[C@@H](C(C)(C)C)C(N)C4O[C@@H]4OC(C)[C@@H](O)C(O)C4O)OC(CO)[C@@H]3O)C(N)C2O[C@@H]2OC(C)[C@@H](OC(=O)c3ccccc3)C(O)C2O)C(O)C(O)[C@@H]1O. The van der Waals surface area contributed by atoms with E-state index >= 15 is 0 Å². The Balaban J connectivity index is 1.10. The molecule has 33 heteroatoms. The van der Waals surface area contributed by atoms with E-state index in [0.29, 0.717) is 0 Å². The van der Waals surface area contributed by atoms with E-state index in [1.165, 1.54) is 32.9 Å². The number of rotatable bonds is 18. The van der Waals surface area contributed by atoms with Crippen LogP contribution in [0.2, 0.25) is 0 Å². The van der Waals surface area contributed by atoms with Crippen LogP contribution in [0, 0.1) is 5.41 Å². The van der Waals surface area contributed by atoms with Gasteiger partial charge >= 0.3 is 5.97 Å². The van der Waals surface area contributed by atoms with Crippen molar-refractivity contribution in [2.24, 2.45) is 16.9 Å². The Labute approximate surface area is 493 Å². The molecule has 35 atom stereocenters. The maximum Gasteiger partial charge on any atom is 0.338 e. The summed E-state index contributed by atoms with van der Waals surface area (Å²) in [6, 6.07) is 4.62. The fourth-order valence-electron chi connectivity index (χ4n) is 11.6. The number of aliphatic hydroxyl groups excluding tert-OH is 16. The van der Waals surface area contributed by atoms with Crippen molar-refractivity contribution < 1.29 is 153 Å². The van der Waals surface area contributed by atoms with Crippen LogP contribution in [-0.2, 0) is 66.3 Å². The molecule has 7 heterocycles. The van der Waals surface area contributed by atoms with Gasteiger partial charge in [-0.15, -0.1) is 0 Å². The van der Waals surface area contributed by atoms with E-state index < -0.39 is 252 Å². The number of carbonyl (C=O) groups excluding carboxylic acids is 1. The van der Waals surface area contributed by atoms with Crippen molar-refractivity contribution in [2.75, 3.05) is 26.4 Å². The fourth-order valence-corrected chi connectivity index (χ4v) is 11.6. The minimum absolute atomic E-state index is 0.0936. The standard InChI is InChI=1S/C53H86N2O31/c1-16-26(60)30(64)34(68)48(73-16)83-41-24(54)45(53(4,5)6)76-22(14-58)39(41)81-51-37(71)43(29(63)21(13-57)77-51)85-47-25(55)42(84-50-36(70)33(67)38(18(3)75-50)80-46(72)19-10-8-7-9-11-19)40(23(15-59)79-47)82-52-44(32(66)28(62)20(12-56)78-52)86-49-35(69)31(65)27(61)17(2)74-49/h7-11,16-18,20-45,47-52,56-71H,12-15,54-55H2,1-6H3/t16?,17?,18?,20?,21?,22?,23?,24?,25?,26-,27-,28+,29+,30?,31?,32?,33?,34?,35?,36?,37?,38-,39-,40-,41?,42?,43?,44?,45-,47+,48+,49+,50+,51+,52+/m1/s1. The first kappa shape index (κ1) is 69.3. The molecule has 0 amide bonds. The second-order valence-electron chi connectivity index (χ2n) is 23.8. The molecule has 0 aromatic heterocycles. The highest BCUT2D eigenvalue weighted by Crippen LogP contribution is 2.41. The molecule has 0 saturated carbocycles. The quantitative estimate of drug-likeness (QED) is 0.0607. The van der Waals surface area contributed by atoms with Crippen molar-refractivity contribution in [3.8, 4) is 0 Å². The van der Waals surface area contributed by atoms with Gasteiger partial charge in [0.15, 0.2) is 43.8 Å². The van der Waals surface area contributed by atoms with Crippen molar-refractivity contribution in [2.45, 2.75) is 256 Å². The Hall–Kier alpha value is -2.55. The zero-order valence-corrected chi connectivity index (χ0v) is 47.9. The van der Waals surface area contributed by atoms with Crippen LogP contribution in [0.5, 0.6) is 0 Å². The van der Waals surface area contributed by atoms with Crippen LogP contribution in [0.15, 0.2) is 30.3 Å². The molecule has 8 rings (SSSR count). The maximum absolute atomic E-state index is 13.2. The summed E-state index contributed by atoms with van der Waals surface area (Å²) in [6.45, 7) is 5.61. The Kier molecular flexibility index (Phi) is 23.3. The predicted octanol–water partition coefficient (Wildman–Crippen LogP) is -9.30. The van der Waals surface area contributed by atoms with Crippen molar-refractivity contribution in [3.63, 3.8) is 0 Å². The van der Waals surface area contributed by atoms with E-state index in [2.05, 4.69) is 0 Å². The minimum atomic E-state index is -2.17. The van der Waals surface area contributed by atoms with Gasteiger partial charge in [0, 0.05) is 0 Å². The minimum Gasteiger partial charge on any atom is -0.453 e. The molecule has 21 unspecified atom stereocenters. The molecule has 1 aromatic rings. The third-order valence-electron chi connectivity index (χ3n) is 16.7. The first-order chi connectivity index (χ1) is 40.6. The summed E-state index contributed by atoms with van der Waals surface area (Å²) in [7, 11) is 0. The number of esters is 1. The summed E-state index contributed by atoms with van der Waals surface area (Å²) in [4.78, 5) is 13.2. The van der Waals surface area contributed by atoms with Crippen LogP contribution < -0.4 is 11.5 Å². The van der Waals surface area contributed by atoms with E-state index in [-0.39, 0.29) is 5.56 Å². The lowest BCUT2D eigenvalue weighted by Gasteiger charge is -2.53. The molecule has 7 aliphatic heterocycles. The van der Waals surface area contributed by atoms with Gasteiger partial charge in [0.2, 0.25) is 0 Å². The maximum atomic E-state index is 13.2. The molecule has 0 radical (unpaired) electrons. The van der Waals surface area contributed by atoms with E-state index in [0.717, 1.165) is 0 Å². The number of carbonyl (C=O) groups is 1. The predicted molar refractivity (Wildman–Crippen MR) is 278 cm³/mol. The molecule has 20 N–H and O–H groups in total.